The number of pyridine rings is 1. The van der Waals surface area contributed by atoms with E-state index in [1.54, 1.807) is 18.0 Å². The molecule has 0 spiro atoms. The molecule has 0 saturated heterocycles. The van der Waals surface area contributed by atoms with E-state index in [0.29, 0.717) is 0 Å². The zero-order chi connectivity index (χ0) is 12.3. The summed E-state index contributed by atoms with van der Waals surface area (Å²) in [5.74, 6) is 2.59. The number of oxazole rings is 1. The van der Waals surface area contributed by atoms with Crippen molar-refractivity contribution in [1.29, 1.82) is 0 Å². The molecule has 2 rings (SSSR count). The van der Waals surface area contributed by atoms with Crippen LogP contribution in [0, 0.1) is 13.8 Å². The molecule has 1 N–H and O–H groups in total. The minimum atomic E-state index is 0.725. The Morgan fingerprint density at radius 3 is 2.88 bits per heavy atom. The third-order valence-electron chi connectivity index (χ3n) is 2.45. The average Bonchev–Trinajstić information content (AvgIpc) is 2.67. The Morgan fingerprint density at radius 1 is 1.41 bits per heavy atom. The molecule has 4 nitrogen and oxygen atoms in total. The molecule has 0 aliphatic carbocycles. The number of hydrogen-bond acceptors (Lipinski definition) is 5. The molecule has 0 bridgehead atoms. The van der Waals surface area contributed by atoms with Gasteiger partial charge < -0.3 is 9.73 Å². The highest BCUT2D eigenvalue weighted by Crippen LogP contribution is 2.24. The summed E-state index contributed by atoms with van der Waals surface area (Å²) < 4.78 is 5.51. The van der Waals surface area contributed by atoms with Gasteiger partial charge in [-0.3, -0.25) is 0 Å². The predicted octanol–water partition coefficient (Wildman–Crippen LogP) is 3.02. The van der Waals surface area contributed by atoms with E-state index >= 15 is 0 Å². The smallest absolute Gasteiger partial charge is 0.256 e. The molecule has 2 aromatic heterocycles. The van der Waals surface area contributed by atoms with Gasteiger partial charge in [0.2, 0.25) is 0 Å². The fourth-order valence-electron chi connectivity index (χ4n) is 1.35. The molecule has 5 heteroatoms. The van der Waals surface area contributed by atoms with Gasteiger partial charge in [-0.1, -0.05) is 11.8 Å². The van der Waals surface area contributed by atoms with Crippen molar-refractivity contribution >= 4 is 17.6 Å². The fourth-order valence-corrected chi connectivity index (χ4v) is 2.21. The molecule has 90 valence electrons. The Kier molecular flexibility index (Phi) is 3.68. The lowest BCUT2D eigenvalue weighted by atomic mass is 10.3. The number of aryl methyl sites for hydroxylation is 2. The standard InChI is InChI=1S/C12H15N3OS/c1-8-9(2)16-12(15-8)17-7-10-4-5-14-11(6-10)13-3/h4-6H,7H2,1-3H3,(H,13,14). The highest BCUT2D eigenvalue weighted by atomic mass is 32.2. The first-order chi connectivity index (χ1) is 8.19. The van der Waals surface area contributed by atoms with E-state index in [2.05, 4.69) is 15.3 Å². The summed E-state index contributed by atoms with van der Waals surface area (Å²) in [6.45, 7) is 3.88. The monoisotopic (exact) mass is 249 g/mol. The lowest BCUT2D eigenvalue weighted by Crippen LogP contribution is -1.92. The van der Waals surface area contributed by atoms with Crippen LogP contribution in [0.15, 0.2) is 28.0 Å². The number of anilines is 1. The van der Waals surface area contributed by atoms with Crippen LogP contribution in [0.3, 0.4) is 0 Å². The van der Waals surface area contributed by atoms with E-state index in [4.69, 9.17) is 4.42 Å². The van der Waals surface area contributed by atoms with Crippen LogP contribution in [-0.4, -0.2) is 17.0 Å². The Balaban J connectivity index is 2.01. The van der Waals surface area contributed by atoms with Crippen molar-refractivity contribution in [2.24, 2.45) is 0 Å². The number of aromatic nitrogens is 2. The van der Waals surface area contributed by atoms with Crippen LogP contribution in [0.25, 0.3) is 0 Å². The second-order valence-corrected chi connectivity index (χ2v) is 4.64. The summed E-state index contributed by atoms with van der Waals surface area (Å²) >= 11 is 1.59. The van der Waals surface area contributed by atoms with Crippen molar-refractivity contribution in [3.05, 3.63) is 35.3 Å². The molecular weight excluding hydrogens is 234 g/mol. The first kappa shape index (κ1) is 12.0. The third-order valence-corrected chi connectivity index (χ3v) is 3.35. The molecule has 0 aromatic carbocycles. The zero-order valence-electron chi connectivity index (χ0n) is 10.2. The number of nitrogens with zero attached hydrogens (tertiary/aromatic N) is 2. The fraction of sp³-hybridized carbons (Fsp3) is 0.333. The summed E-state index contributed by atoms with van der Waals surface area (Å²) in [5, 5.41) is 3.74. The van der Waals surface area contributed by atoms with Crippen molar-refractivity contribution in [3.63, 3.8) is 0 Å². The Bertz CT molecular complexity index is 491. The number of thioether (sulfide) groups is 1. The van der Waals surface area contributed by atoms with E-state index in [1.807, 2.05) is 33.0 Å². The number of hydrogen-bond donors (Lipinski definition) is 1. The van der Waals surface area contributed by atoms with Crippen LogP contribution in [0.4, 0.5) is 5.82 Å². The van der Waals surface area contributed by atoms with Gasteiger partial charge in [0, 0.05) is 19.0 Å². The van der Waals surface area contributed by atoms with E-state index in [1.165, 1.54) is 5.56 Å². The van der Waals surface area contributed by atoms with Crippen LogP contribution in [0.2, 0.25) is 0 Å². The van der Waals surface area contributed by atoms with Gasteiger partial charge in [-0.05, 0) is 31.5 Å². The average molecular weight is 249 g/mol. The predicted molar refractivity (Wildman–Crippen MR) is 69.3 cm³/mol. The van der Waals surface area contributed by atoms with E-state index < -0.39 is 0 Å². The molecule has 0 saturated carbocycles. The summed E-state index contributed by atoms with van der Waals surface area (Å²) in [5.41, 5.74) is 2.15. The summed E-state index contributed by atoms with van der Waals surface area (Å²) in [6, 6.07) is 4.02. The second kappa shape index (κ2) is 5.23. The van der Waals surface area contributed by atoms with Gasteiger partial charge in [-0.25, -0.2) is 9.97 Å². The molecule has 0 unspecified atom stereocenters. The molecule has 0 atom stereocenters. The van der Waals surface area contributed by atoms with Gasteiger partial charge in [-0.2, -0.15) is 0 Å². The van der Waals surface area contributed by atoms with Gasteiger partial charge in [0.1, 0.15) is 11.6 Å². The number of nitrogens with one attached hydrogen (secondary N) is 1. The van der Waals surface area contributed by atoms with E-state index in [0.717, 1.165) is 28.2 Å². The quantitative estimate of drug-likeness (QED) is 0.844. The third kappa shape index (κ3) is 3.00. The molecule has 0 fully saturated rings. The van der Waals surface area contributed by atoms with E-state index in [-0.39, 0.29) is 0 Å². The maximum Gasteiger partial charge on any atom is 0.256 e. The Hall–Kier alpha value is -1.49. The summed E-state index contributed by atoms with van der Waals surface area (Å²) in [7, 11) is 1.86. The van der Waals surface area contributed by atoms with Gasteiger partial charge in [0.05, 0.1) is 5.69 Å². The number of rotatable bonds is 4. The van der Waals surface area contributed by atoms with Crippen molar-refractivity contribution in [2.45, 2.75) is 24.8 Å². The lowest BCUT2D eigenvalue weighted by Gasteiger charge is -2.01. The largest absolute Gasteiger partial charge is 0.437 e. The van der Waals surface area contributed by atoms with Gasteiger partial charge in [-0.15, -0.1) is 0 Å². The molecule has 0 aliphatic rings. The van der Waals surface area contributed by atoms with Crippen LogP contribution in [-0.2, 0) is 5.75 Å². The SMILES string of the molecule is CNc1cc(CSc2nc(C)c(C)o2)ccn1. The highest BCUT2D eigenvalue weighted by Gasteiger charge is 2.06. The molecule has 0 radical (unpaired) electrons. The lowest BCUT2D eigenvalue weighted by molar-refractivity contribution is 0.431. The van der Waals surface area contributed by atoms with Crippen LogP contribution < -0.4 is 5.32 Å². The van der Waals surface area contributed by atoms with Crippen molar-refractivity contribution in [3.8, 4) is 0 Å². The van der Waals surface area contributed by atoms with Crippen LogP contribution >= 0.6 is 11.8 Å². The Morgan fingerprint density at radius 2 is 2.24 bits per heavy atom. The van der Waals surface area contributed by atoms with Crippen LogP contribution in [0.1, 0.15) is 17.0 Å². The Labute approximate surface area is 105 Å². The first-order valence-corrected chi connectivity index (χ1v) is 6.37. The van der Waals surface area contributed by atoms with Gasteiger partial charge in [0.25, 0.3) is 5.22 Å². The first-order valence-electron chi connectivity index (χ1n) is 5.38. The molecule has 0 amide bonds. The molecule has 2 aromatic rings. The van der Waals surface area contributed by atoms with Crippen LogP contribution in [0.5, 0.6) is 0 Å². The molecule has 0 aliphatic heterocycles. The molecule has 17 heavy (non-hydrogen) atoms. The molecule has 2 heterocycles. The van der Waals surface area contributed by atoms with Gasteiger partial charge >= 0.3 is 0 Å². The minimum Gasteiger partial charge on any atom is -0.437 e. The summed E-state index contributed by atoms with van der Waals surface area (Å²) in [4.78, 5) is 8.50. The van der Waals surface area contributed by atoms with Crippen molar-refractivity contribution in [2.75, 3.05) is 12.4 Å². The van der Waals surface area contributed by atoms with Crippen molar-refractivity contribution < 1.29 is 4.42 Å². The highest BCUT2D eigenvalue weighted by molar-refractivity contribution is 7.98. The maximum absolute atomic E-state index is 5.51. The molecular formula is C12H15N3OS. The topological polar surface area (TPSA) is 51.0 Å². The zero-order valence-corrected chi connectivity index (χ0v) is 11.0. The van der Waals surface area contributed by atoms with Crippen molar-refractivity contribution in [1.82, 2.24) is 9.97 Å². The summed E-state index contributed by atoms with van der Waals surface area (Å²) in [6.07, 6.45) is 1.80. The minimum absolute atomic E-state index is 0.725. The second-order valence-electron chi connectivity index (χ2n) is 3.71. The van der Waals surface area contributed by atoms with E-state index in [9.17, 15) is 0 Å². The maximum atomic E-state index is 5.51. The van der Waals surface area contributed by atoms with Gasteiger partial charge in [0.15, 0.2) is 0 Å². The normalized spacial score (nSPS) is 10.5.